The van der Waals surface area contributed by atoms with E-state index in [0.717, 1.165) is 0 Å². The molecule has 2 aromatic rings. The van der Waals surface area contributed by atoms with Gasteiger partial charge in [-0.1, -0.05) is 0 Å². The van der Waals surface area contributed by atoms with Crippen LogP contribution in [0.1, 0.15) is 23.3 Å². The third-order valence-corrected chi connectivity index (χ3v) is 3.72. The second-order valence-electron chi connectivity index (χ2n) is 5.05. The minimum Gasteiger partial charge on any atom is -0.481 e. The maximum atomic E-state index is 12.3. The summed E-state index contributed by atoms with van der Waals surface area (Å²) in [5.74, 6) is -0.715. The molecule has 1 aliphatic rings. The average Bonchev–Trinajstić information content (AvgIpc) is 3.17. The Morgan fingerprint density at radius 3 is 2.76 bits per heavy atom. The third-order valence-electron chi connectivity index (χ3n) is 3.72. The quantitative estimate of drug-likeness (QED) is 0.894. The van der Waals surface area contributed by atoms with Crippen LogP contribution < -0.4 is 0 Å². The number of amides is 1. The van der Waals surface area contributed by atoms with Gasteiger partial charge in [-0.2, -0.15) is 5.10 Å². The smallest absolute Gasteiger partial charge is 0.306 e. The topological polar surface area (TPSA) is 99.4 Å². The van der Waals surface area contributed by atoms with Crippen LogP contribution in [0.4, 0.5) is 0 Å². The number of carbonyl (C=O) groups excluding carboxylic acids is 1. The number of aliphatic carboxylic acids is 1. The molecule has 1 saturated heterocycles. The monoisotopic (exact) mass is 289 g/mol. The number of nitrogens with zero attached hydrogens (tertiary/aromatic N) is 2. The highest BCUT2D eigenvalue weighted by atomic mass is 16.4. The van der Waals surface area contributed by atoms with Crippen LogP contribution in [0.2, 0.25) is 0 Å². The van der Waals surface area contributed by atoms with Gasteiger partial charge in [-0.05, 0) is 25.0 Å². The van der Waals surface area contributed by atoms with Crippen LogP contribution in [-0.4, -0.2) is 45.2 Å². The molecule has 21 heavy (non-hydrogen) atoms. The van der Waals surface area contributed by atoms with Gasteiger partial charge in [0.1, 0.15) is 5.69 Å². The highest BCUT2D eigenvalue weighted by Gasteiger charge is 2.28. The zero-order valence-electron chi connectivity index (χ0n) is 11.3. The Bertz CT molecular complexity index is 639. The highest BCUT2D eigenvalue weighted by molar-refractivity contribution is 5.93. The fourth-order valence-corrected chi connectivity index (χ4v) is 2.48. The van der Waals surface area contributed by atoms with E-state index in [1.165, 1.54) is 0 Å². The van der Waals surface area contributed by atoms with Crippen molar-refractivity contribution in [2.75, 3.05) is 13.1 Å². The van der Waals surface area contributed by atoms with Crippen molar-refractivity contribution in [1.29, 1.82) is 0 Å². The molecule has 0 aromatic carbocycles. The number of nitrogens with one attached hydrogen (secondary N) is 1. The van der Waals surface area contributed by atoms with Gasteiger partial charge in [-0.15, -0.1) is 0 Å². The number of carboxylic acid groups (broad SMARTS) is 1. The van der Waals surface area contributed by atoms with E-state index in [-0.39, 0.29) is 11.8 Å². The lowest BCUT2D eigenvalue weighted by molar-refractivity contribution is -0.143. The van der Waals surface area contributed by atoms with Crippen molar-refractivity contribution in [2.24, 2.45) is 5.92 Å². The summed E-state index contributed by atoms with van der Waals surface area (Å²) < 4.78 is 5.24. The summed E-state index contributed by atoms with van der Waals surface area (Å²) in [6.07, 6.45) is 2.52. The van der Waals surface area contributed by atoms with Crippen LogP contribution >= 0.6 is 0 Å². The number of piperidine rings is 1. The fraction of sp³-hybridized carbons (Fsp3) is 0.357. The molecule has 0 unspecified atom stereocenters. The molecule has 1 amide bonds. The summed E-state index contributed by atoms with van der Waals surface area (Å²) >= 11 is 0. The summed E-state index contributed by atoms with van der Waals surface area (Å²) in [5, 5.41) is 15.7. The van der Waals surface area contributed by atoms with E-state index in [1.807, 2.05) is 0 Å². The number of carbonyl (C=O) groups is 2. The summed E-state index contributed by atoms with van der Waals surface area (Å²) in [4.78, 5) is 24.9. The molecule has 0 radical (unpaired) electrons. The van der Waals surface area contributed by atoms with E-state index < -0.39 is 5.97 Å². The van der Waals surface area contributed by atoms with E-state index in [2.05, 4.69) is 10.2 Å². The molecule has 7 heteroatoms. The predicted octanol–water partition coefficient (Wildman–Crippen LogP) is 1.61. The number of H-pyrrole nitrogens is 1. The minimum atomic E-state index is -0.790. The standard InChI is InChI=1S/C14H15N3O4/c18-13(17-5-3-9(4-6-17)14(19)20)11-8-10(15-16-11)12-2-1-7-21-12/h1-2,7-9H,3-6H2,(H,15,16)(H,19,20). The Balaban J connectivity index is 1.68. The SMILES string of the molecule is O=C(O)C1CCN(C(=O)c2cc(-c3ccco3)[nH]n2)CC1. The fourth-order valence-electron chi connectivity index (χ4n) is 2.48. The lowest BCUT2D eigenvalue weighted by Gasteiger charge is -2.29. The molecule has 2 aromatic heterocycles. The molecule has 2 N–H and O–H groups in total. The molecule has 0 aliphatic carbocycles. The second kappa shape index (κ2) is 5.43. The molecule has 0 spiro atoms. The molecule has 0 atom stereocenters. The first-order chi connectivity index (χ1) is 10.1. The molecule has 0 saturated carbocycles. The van der Waals surface area contributed by atoms with Crippen LogP contribution in [0.5, 0.6) is 0 Å². The van der Waals surface area contributed by atoms with E-state index in [9.17, 15) is 9.59 Å². The number of rotatable bonds is 3. The molecule has 1 aliphatic heterocycles. The maximum absolute atomic E-state index is 12.3. The minimum absolute atomic E-state index is 0.187. The van der Waals surface area contributed by atoms with Gasteiger partial charge in [0.25, 0.3) is 5.91 Å². The number of likely N-dealkylation sites (tertiary alicyclic amines) is 1. The summed E-state index contributed by atoms with van der Waals surface area (Å²) in [7, 11) is 0. The van der Waals surface area contributed by atoms with Gasteiger partial charge in [-0.25, -0.2) is 0 Å². The van der Waals surface area contributed by atoms with Crippen LogP contribution in [0, 0.1) is 5.92 Å². The number of aromatic nitrogens is 2. The first kappa shape index (κ1) is 13.4. The normalized spacial score (nSPS) is 16.1. The van der Waals surface area contributed by atoms with Crippen LogP contribution in [0.15, 0.2) is 28.9 Å². The molecule has 1 fully saturated rings. The molecular formula is C14H15N3O4. The summed E-state index contributed by atoms with van der Waals surface area (Å²) in [6.45, 7) is 0.886. The molecule has 110 valence electrons. The molecule has 3 rings (SSSR count). The Morgan fingerprint density at radius 2 is 2.14 bits per heavy atom. The van der Waals surface area contributed by atoms with Gasteiger partial charge in [-0.3, -0.25) is 14.7 Å². The first-order valence-electron chi connectivity index (χ1n) is 6.76. The van der Waals surface area contributed by atoms with E-state index in [1.54, 1.807) is 29.4 Å². The van der Waals surface area contributed by atoms with Crippen LogP contribution in [-0.2, 0) is 4.79 Å². The van der Waals surface area contributed by atoms with Crippen molar-refractivity contribution in [2.45, 2.75) is 12.8 Å². The van der Waals surface area contributed by atoms with E-state index >= 15 is 0 Å². The van der Waals surface area contributed by atoms with Gasteiger partial charge in [0.15, 0.2) is 11.5 Å². The summed E-state index contributed by atoms with van der Waals surface area (Å²) in [6, 6.07) is 5.18. The second-order valence-corrected chi connectivity index (χ2v) is 5.05. The third kappa shape index (κ3) is 2.67. The predicted molar refractivity (Wildman–Crippen MR) is 72.6 cm³/mol. The molecule has 7 nitrogen and oxygen atoms in total. The van der Waals surface area contributed by atoms with Crippen LogP contribution in [0.3, 0.4) is 0 Å². The molecular weight excluding hydrogens is 274 g/mol. The van der Waals surface area contributed by atoms with Crippen molar-refractivity contribution < 1.29 is 19.1 Å². The number of furan rings is 1. The van der Waals surface area contributed by atoms with Gasteiger partial charge in [0.2, 0.25) is 0 Å². The lowest BCUT2D eigenvalue weighted by atomic mass is 9.97. The van der Waals surface area contributed by atoms with Crippen LogP contribution in [0.25, 0.3) is 11.5 Å². The maximum Gasteiger partial charge on any atom is 0.306 e. The first-order valence-corrected chi connectivity index (χ1v) is 6.76. The van der Waals surface area contributed by atoms with Crippen molar-refractivity contribution in [3.63, 3.8) is 0 Å². The van der Waals surface area contributed by atoms with Crippen molar-refractivity contribution in [1.82, 2.24) is 15.1 Å². The van der Waals surface area contributed by atoms with E-state index in [4.69, 9.17) is 9.52 Å². The van der Waals surface area contributed by atoms with Gasteiger partial charge in [0, 0.05) is 19.2 Å². The number of carboxylic acids is 1. The number of hydrogen-bond acceptors (Lipinski definition) is 4. The average molecular weight is 289 g/mol. The summed E-state index contributed by atoms with van der Waals surface area (Å²) in [5.41, 5.74) is 0.957. The zero-order valence-corrected chi connectivity index (χ0v) is 11.3. The van der Waals surface area contributed by atoms with Gasteiger partial charge < -0.3 is 14.4 Å². The van der Waals surface area contributed by atoms with Crippen molar-refractivity contribution >= 4 is 11.9 Å². The largest absolute Gasteiger partial charge is 0.481 e. The van der Waals surface area contributed by atoms with Crippen molar-refractivity contribution in [3.05, 3.63) is 30.2 Å². The van der Waals surface area contributed by atoms with E-state index in [0.29, 0.717) is 43.1 Å². The molecule has 3 heterocycles. The number of aromatic amines is 1. The Hall–Kier alpha value is -2.57. The Morgan fingerprint density at radius 1 is 1.38 bits per heavy atom. The van der Waals surface area contributed by atoms with Gasteiger partial charge >= 0.3 is 5.97 Å². The zero-order chi connectivity index (χ0) is 14.8. The number of hydrogen-bond donors (Lipinski definition) is 2. The van der Waals surface area contributed by atoms with Crippen molar-refractivity contribution in [3.8, 4) is 11.5 Å². The Kier molecular flexibility index (Phi) is 3.47. The van der Waals surface area contributed by atoms with Gasteiger partial charge in [0.05, 0.1) is 12.2 Å². The Labute approximate surface area is 120 Å². The lowest BCUT2D eigenvalue weighted by Crippen LogP contribution is -2.40. The molecule has 0 bridgehead atoms. The highest BCUT2D eigenvalue weighted by Crippen LogP contribution is 2.21.